The van der Waals surface area contributed by atoms with Crippen molar-refractivity contribution in [1.82, 2.24) is 5.43 Å². The molecule has 0 heterocycles. The lowest BCUT2D eigenvalue weighted by Crippen LogP contribution is -2.21. The summed E-state index contributed by atoms with van der Waals surface area (Å²) in [6.45, 7) is 6.01. The molecule has 3 nitrogen and oxygen atoms in total. The number of hydrazone groups is 1. The Morgan fingerprint density at radius 1 is 1.09 bits per heavy atom. The average molecular weight is 315 g/mol. The SMILES string of the molecule is C/C(=N/NC(=O)Cc1ccc(Cl)cc1)c1ccc(C)c(C)c1. The van der Waals surface area contributed by atoms with Gasteiger partial charge in [-0.2, -0.15) is 5.10 Å². The van der Waals surface area contributed by atoms with Gasteiger partial charge in [0.05, 0.1) is 12.1 Å². The number of amides is 1. The zero-order valence-electron chi connectivity index (χ0n) is 13.0. The number of halogens is 1. The van der Waals surface area contributed by atoms with Gasteiger partial charge in [0.25, 0.3) is 0 Å². The summed E-state index contributed by atoms with van der Waals surface area (Å²) in [7, 11) is 0. The number of nitrogens with one attached hydrogen (secondary N) is 1. The standard InChI is InChI=1S/C18H19ClN2O/c1-12-4-7-16(10-13(12)2)14(3)20-21-18(22)11-15-5-8-17(19)9-6-15/h4-10H,11H2,1-3H3,(H,21,22)/b20-14-. The maximum atomic E-state index is 11.9. The molecule has 0 aliphatic rings. The van der Waals surface area contributed by atoms with Crippen molar-refractivity contribution in [2.75, 3.05) is 0 Å². The van der Waals surface area contributed by atoms with Crippen molar-refractivity contribution in [2.24, 2.45) is 5.10 Å². The van der Waals surface area contributed by atoms with Crippen molar-refractivity contribution >= 4 is 23.2 Å². The van der Waals surface area contributed by atoms with Crippen LogP contribution in [0.15, 0.2) is 47.6 Å². The van der Waals surface area contributed by atoms with Crippen molar-refractivity contribution in [1.29, 1.82) is 0 Å². The van der Waals surface area contributed by atoms with E-state index in [2.05, 4.69) is 36.5 Å². The summed E-state index contributed by atoms with van der Waals surface area (Å²) in [6, 6.07) is 13.3. The number of aryl methyl sites for hydroxylation is 2. The lowest BCUT2D eigenvalue weighted by atomic mass is 10.0. The van der Waals surface area contributed by atoms with Gasteiger partial charge in [-0.05, 0) is 61.2 Å². The Morgan fingerprint density at radius 2 is 1.77 bits per heavy atom. The fourth-order valence-electron chi connectivity index (χ4n) is 2.00. The zero-order chi connectivity index (χ0) is 16.1. The molecule has 0 unspecified atom stereocenters. The van der Waals surface area contributed by atoms with Crippen LogP contribution >= 0.6 is 11.6 Å². The molecular formula is C18H19ClN2O. The summed E-state index contributed by atoms with van der Waals surface area (Å²) >= 11 is 5.82. The minimum absolute atomic E-state index is 0.148. The Labute approximate surface area is 136 Å². The molecule has 0 spiro atoms. The molecule has 0 aromatic heterocycles. The fraction of sp³-hybridized carbons (Fsp3) is 0.222. The van der Waals surface area contributed by atoms with Crippen LogP contribution in [0.3, 0.4) is 0 Å². The first-order chi connectivity index (χ1) is 10.5. The maximum absolute atomic E-state index is 11.9. The molecule has 0 aliphatic heterocycles. The van der Waals surface area contributed by atoms with E-state index < -0.39 is 0 Å². The molecule has 2 rings (SSSR count). The average Bonchev–Trinajstić information content (AvgIpc) is 2.50. The van der Waals surface area contributed by atoms with E-state index in [-0.39, 0.29) is 12.3 Å². The van der Waals surface area contributed by atoms with Gasteiger partial charge in [-0.1, -0.05) is 35.9 Å². The van der Waals surface area contributed by atoms with E-state index in [0.717, 1.165) is 16.8 Å². The first-order valence-electron chi connectivity index (χ1n) is 7.11. The molecule has 1 amide bonds. The Bertz CT molecular complexity index is 706. The van der Waals surface area contributed by atoms with Crippen molar-refractivity contribution in [3.63, 3.8) is 0 Å². The lowest BCUT2D eigenvalue weighted by Gasteiger charge is -2.06. The van der Waals surface area contributed by atoms with E-state index in [9.17, 15) is 4.79 Å². The summed E-state index contributed by atoms with van der Waals surface area (Å²) < 4.78 is 0. The second-order valence-electron chi connectivity index (χ2n) is 5.33. The maximum Gasteiger partial charge on any atom is 0.244 e. The van der Waals surface area contributed by atoms with Gasteiger partial charge >= 0.3 is 0 Å². The monoisotopic (exact) mass is 314 g/mol. The summed E-state index contributed by atoms with van der Waals surface area (Å²) in [4.78, 5) is 11.9. The topological polar surface area (TPSA) is 41.5 Å². The Morgan fingerprint density at radius 3 is 2.41 bits per heavy atom. The van der Waals surface area contributed by atoms with E-state index in [1.54, 1.807) is 12.1 Å². The molecule has 2 aromatic carbocycles. The van der Waals surface area contributed by atoms with Crippen LogP contribution in [0.1, 0.15) is 29.2 Å². The smallest absolute Gasteiger partial charge is 0.244 e. The van der Waals surface area contributed by atoms with Crippen LogP contribution in [0.5, 0.6) is 0 Å². The number of nitrogens with zero attached hydrogens (tertiary/aromatic N) is 1. The second kappa shape index (κ2) is 7.23. The third-order valence-corrected chi connectivity index (χ3v) is 3.80. The first kappa shape index (κ1) is 16.2. The molecule has 0 bridgehead atoms. The third-order valence-electron chi connectivity index (χ3n) is 3.55. The van der Waals surface area contributed by atoms with Crippen molar-refractivity contribution in [2.45, 2.75) is 27.2 Å². The number of benzene rings is 2. The number of hydrogen-bond donors (Lipinski definition) is 1. The van der Waals surface area contributed by atoms with Crippen LogP contribution in [-0.4, -0.2) is 11.6 Å². The quantitative estimate of drug-likeness (QED) is 0.671. The second-order valence-corrected chi connectivity index (χ2v) is 5.77. The molecule has 1 N–H and O–H groups in total. The number of hydrogen-bond acceptors (Lipinski definition) is 2. The highest BCUT2D eigenvalue weighted by Crippen LogP contribution is 2.11. The molecule has 0 saturated carbocycles. The van der Waals surface area contributed by atoms with Gasteiger partial charge in [-0.25, -0.2) is 5.43 Å². The molecule has 22 heavy (non-hydrogen) atoms. The van der Waals surface area contributed by atoms with E-state index in [0.29, 0.717) is 5.02 Å². The van der Waals surface area contributed by atoms with Crippen molar-refractivity contribution in [3.05, 3.63) is 69.7 Å². The lowest BCUT2D eigenvalue weighted by molar-refractivity contribution is -0.120. The number of carbonyl (C=O) groups excluding carboxylic acids is 1. The van der Waals surface area contributed by atoms with Crippen LogP contribution in [0, 0.1) is 13.8 Å². The predicted octanol–water partition coefficient (Wildman–Crippen LogP) is 4.04. The molecule has 4 heteroatoms. The van der Waals surface area contributed by atoms with Crippen LogP contribution in [0.4, 0.5) is 0 Å². The minimum Gasteiger partial charge on any atom is -0.273 e. The highest BCUT2D eigenvalue weighted by atomic mass is 35.5. The minimum atomic E-state index is -0.148. The molecule has 0 radical (unpaired) electrons. The van der Waals surface area contributed by atoms with Crippen molar-refractivity contribution in [3.8, 4) is 0 Å². The number of carbonyl (C=O) groups is 1. The van der Waals surface area contributed by atoms with E-state index in [1.165, 1.54) is 11.1 Å². The predicted molar refractivity (Wildman–Crippen MR) is 91.4 cm³/mol. The molecule has 0 aliphatic carbocycles. The summed E-state index contributed by atoms with van der Waals surface area (Å²) in [6.07, 6.45) is 0.279. The Hall–Kier alpha value is -2.13. The van der Waals surface area contributed by atoms with Gasteiger partial charge in [0, 0.05) is 5.02 Å². The van der Waals surface area contributed by atoms with Gasteiger partial charge in [0.2, 0.25) is 5.91 Å². The van der Waals surface area contributed by atoms with E-state index in [1.807, 2.05) is 25.1 Å². The van der Waals surface area contributed by atoms with Gasteiger partial charge in [0.15, 0.2) is 0 Å². The summed E-state index contributed by atoms with van der Waals surface area (Å²) in [5, 5.41) is 4.83. The Kier molecular flexibility index (Phi) is 5.34. The molecule has 114 valence electrons. The van der Waals surface area contributed by atoms with Crippen LogP contribution in [-0.2, 0) is 11.2 Å². The number of rotatable bonds is 4. The molecule has 2 aromatic rings. The van der Waals surface area contributed by atoms with Crippen molar-refractivity contribution < 1.29 is 4.79 Å². The van der Waals surface area contributed by atoms with E-state index >= 15 is 0 Å². The molecular weight excluding hydrogens is 296 g/mol. The van der Waals surface area contributed by atoms with Crippen LogP contribution < -0.4 is 5.43 Å². The third kappa shape index (κ3) is 4.43. The van der Waals surface area contributed by atoms with Crippen LogP contribution in [0.25, 0.3) is 0 Å². The molecule has 0 saturated heterocycles. The van der Waals surface area contributed by atoms with Gasteiger partial charge in [-0.3, -0.25) is 4.79 Å². The molecule has 0 fully saturated rings. The normalized spacial score (nSPS) is 11.4. The highest BCUT2D eigenvalue weighted by Gasteiger charge is 2.04. The molecule has 0 atom stereocenters. The highest BCUT2D eigenvalue weighted by molar-refractivity contribution is 6.30. The van der Waals surface area contributed by atoms with Gasteiger partial charge in [-0.15, -0.1) is 0 Å². The zero-order valence-corrected chi connectivity index (χ0v) is 13.7. The Balaban J connectivity index is 1.99. The van der Waals surface area contributed by atoms with E-state index in [4.69, 9.17) is 11.6 Å². The first-order valence-corrected chi connectivity index (χ1v) is 7.48. The van der Waals surface area contributed by atoms with Gasteiger partial charge in [0.1, 0.15) is 0 Å². The largest absolute Gasteiger partial charge is 0.273 e. The summed E-state index contributed by atoms with van der Waals surface area (Å²) in [5.41, 5.74) is 7.74. The van der Waals surface area contributed by atoms with Gasteiger partial charge < -0.3 is 0 Å². The van der Waals surface area contributed by atoms with Crippen LogP contribution in [0.2, 0.25) is 5.02 Å². The summed E-state index contributed by atoms with van der Waals surface area (Å²) in [5.74, 6) is -0.148. The fourth-order valence-corrected chi connectivity index (χ4v) is 2.13.